The Hall–Kier alpha value is -1.89. The van der Waals surface area contributed by atoms with Gasteiger partial charge in [-0.3, -0.25) is 9.59 Å². The minimum atomic E-state index is -0.900. The van der Waals surface area contributed by atoms with Crippen LogP contribution in [0.3, 0.4) is 0 Å². The number of carbonyl (C=O) groups is 3. The molecule has 0 heterocycles. The average molecular weight is 411 g/mol. The molecule has 0 aromatic heterocycles. The molecule has 25 heavy (non-hydrogen) atoms. The van der Waals surface area contributed by atoms with Crippen LogP contribution in [0.15, 0.2) is 28.7 Å². The second kappa shape index (κ2) is 8.99. The number of benzene rings is 1. The van der Waals surface area contributed by atoms with Crippen molar-refractivity contribution in [1.82, 2.24) is 10.6 Å². The minimum absolute atomic E-state index is 0.115. The molecule has 0 atom stereocenters. The summed E-state index contributed by atoms with van der Waals surface area (Å²) in [7, 11) is 0. The first-order chi connectivity index (χ1) is 12.0. The molecule has 1 saturated carbocycles. The van der Waals surface area contributed by atoms with Crippen LogP contribution in [0.1, 0.15) is 49.4 Å². The van der Waals surface area contributed by atoms with E-state index < -0.39 is 5.54 Å². The van der Waals surface area contributed by atoms with Gasteiger partial charge in [-0.25, -0.2) is 4.79 Å². The fourth-order valence-electron chi connectivity index (χ4n) is 2.95. The van der Waals surface area contributed by atoms with Crippen LogP contribution in [0.4, 0.5) is 0 Å². The number of esters is 1. The molecule has 7 heteroatoms. The lowest BCUT2D eigenvalue weighted by atomic mass is 9.97. The predicted molar refractivity (Wildman–Crippen MR) is 97.1 cm³/mol. The number of rotatable bonds is 7. The Labute approximate surface area is 155 Å². The van der Waals surface area contributed by atoms with Gasteiger partial charge in [0.15, 0.2) is 0 Å². The van der Waals surface area contributed by atoms with E-state index in [2.05, 4.69) is 26.6 Å². The molecule has 2 rings (SSSR count). The molecule has 0 unspecified atom stereocenters. The van der Waals surface area contributed by atoms with E-state index in [1.54, 1.807) is 31.2 Å². The molecule has 2 amide bonds. The van der Waals surface area contributed by atoms with E-state index in [9.17, 15) is 14.4 Å². The summed E-state index contributed by atoms with van der Waals surface area (Å²) >= 11 is 3.31. The molecule has 1 aromatic carbocycles. The number of nitrogens with one attached hydrogen (secondary N) is 2. The second-order valence-electron chi connectivity index (χ2n) is 6.07. The Morgan fingerprint density at radius 1 is 1.16 bits per heavy atom. The highest BCUT2D eigenvalue weighted by atomic mass is 79.9. The van der Waals surface area contributed by atoms with E-state index in [4.69, 9.17) is 4.74 Å². The molecule has 0 spiro atoms. The first-order valence-electron chi connectivity index (χ1n) is 8.49. The summed E-state index contributed by atoms with van der Waals surface area (Å²) < 4.78 is 6.01. The lowest BCUT2D eigenvalue weighted by molar-refractivity contribution is -0.153. The maximum Gasteiger partial charge on any atom is 0.331 e. The maximum atomic E-state index is 12.2. The lowest BCUT2D eigenvalue weighted by Crippen LogP contribution is -2.53. The molecule has 1 aliphatic rings. The van der Waals surface area contributed by atoms with Gasteiger partial charge in [0.1, 0.15) is 5.54 Å². The van der Waals surface area contributed by atoms with Crippen LogP contribution in [0.2, 0.25) is 0 Å². The standard InChI is InChI=1S/C18H23BrN2O4/c1-2-25-17(24)18(10-3-4-11-18)21-15(22)9-12-20-16(23)13-5-7-14(19)8-6-13/h5-8H,2-4,9-12H2,1H3,(H,20,23)(H,21,22). The highest BCUT2D eigenvalue weighted by Crippen LogP contribution is 2.31. The molecule has 0 saturated heterocycles. The van der Waals surface area contributed by atoms with Crippen LogP contribution in [0.5, 0.6) is 0 Å². The molecule has 1 fully saturated rings. The lowest BCUT2D eigenvalue weighted by Gasteiger charge is -2.27. The molecule has 2 N–H and O–H groups in total. The van der Waals surface area contributed by atoms with Gasteiger partial charge in [-0.15, -0.1) is 0 Å². The van der Waals surface area contributed by atoms with Gasteiger partial charge in [0.05, 0.1) is 6.61 Å². The predicted octanol–water partition coefficient (Wildman–Crippen LogP) is 2.56. The average Bonchev–Trinajstić information content (AvgIpc) is 3.05. The maximum absolute atomic E-state index is 12.2. The Bertz CT molecular complexity index is 624. The molecule has 1 aliphatic carbocycles. The van der Waals surface area contributed by atoms with Crippen molar-refractivity contribution in [3.63, 3.8) is 0 Å². The summed E-state index contributed by atoms with van der Waals surface area (Å²) in [6.45, 7) is 2.25. The van der Waals surface area contributed by atoms with Crippen molar-refractivity contribution < 1.29 is 19.1 Å². The van der Waals surface area contributed by atoms with Gasteiger partial charge < -0.3 is 15.4 Å². The topological polar surface area (TPSA) is 84.5 Å². The summed E-state index contributed by atoms with van der Waals surface area (Å²) in [6.07, 6.45) is 3.09. The zero-order valence-electron chi connectivity index (χ0n) is 14.3. The first kappa shape index (κ1) is 19.4. The Balaban J connectivity index is 1.82. The fourth-order valence-corrected chi connectivity index (χ4v) is 3.21. The Morgan fingerprint density at radius 2 is 1.80 bits per heavy atom. The smallest absolute Gasteiger partial charge is 0.331 e. The van der Waals surface area contributed by atoms with E-state index in [1.807, 2.05) is 0 Å². The summed E-state index contributed by atoms with van der Waals surface area (Å²) in [5.74, 6) is -0.855. The number of amides is 2. The zero-order valence-corrected chi connectivity index (χ0v) is 15.9. The van der Waals surface area contributed by atoms with Crippen LogP contribution in [-0.4, -0.2) is 36.5 Å². The van der Waals surface area contributed by atoms with Crippen molar-refractivity contribution in [2.24, 2.45) is 0 Å². The van der Waals surface area contributed by atoms with Gasteiger partial charge in [-0.2, -0.15) is 0 Å². The summed E-state index contributed by atoms with van der Waals surface area (Å²) in [6, 6.07) is 6.97. The van der Waals surface area contributed by atoms with Crippen molar-refractivity contribution in [3.8, 4) is 0 Å². The number of hydrogen-bond acceptors (Lipinski definition) is 4. The molecular formula is C18H23BrN2O4. The molecule has 0 aliphatic heterocycles. The summed E-state index contributed by atoms with van der Waals surface area (Å²) in [5, 5.41) is 5.54. The van der Waals surface area contributed by atoms with Crippen molar-refractivity contribution >= 4 is 33.7 Å². The van der Waals surface area contributed by atoms with Gasteiger partial charge in [-0.1, -0.05) is 28.8 Å². The van der Waals surface area contributed by atoms with Gasteiger partial charge in [0.2, 0.25) is 5.91 Å². The van der Waals surface area contributed by atoms with E-state index >= 15 is 0 Å². The highest BCUT2D eigenvalue weighted by molar-refractivity contribution is 9.10. The van der Waals surface area contributed by atoms with E-state index in [-0.39, 0.29) is 30.7 Å². The Kier molecular flexibility index (Phi) is 6.99. The Morgan fingerprint density at radius 3 is 2.40 bits per heavy atom. The van der Waals surface area contributed by atoms with Crippen LogP contribution in [0, 0.1) is 0 Å². The van der Waals surface area contributed by atoms with Gasteiger partial charge >= 0.3 is 5.97 Å². The molecule has 1 aromatic rings. The van der Waals surface area contributed by atoms with Gasteiger partial charge in [0, 0.05) is 23.0 Å². The number of ether oxygens (including phenoxy) is 1. The van der Waals surface area contributed by atoms with Crippen molar-refractivity contribution in [1.29, 1.82) is 0 Å². The van der Waals surface area contributed by atoms with Gasteiger partial charge in [0.25, 0.3) is 5.91 Å². The minimum Gasteiger partial charge on any atom is -0.464 e. The first-order valence-corrected chi connectivity index (χ1v) is 9.28. The summed E-state index contributed by atoms with van der Waals surface area (Å²) in [5.41, 5.74) is -0.370. The van der Waals surface area contributed by atoms with Crippen LogP contribution >= 0.6 is 15.9 Å². The number of halogens is 1. The normalized spacial score (nSPS) is 15.4. The van der Waals surface area contributed by atoms with Crippen LogP contribution in [0.25, 0.3) is 0 Å². The van der Waals surface area contributed by atoms with Gasteiger partial charge in [-0.05, 0) is 44.0 Å². The largest absolute Gasteiger partial charge is 0.464 e. The quantitative estimate of drug-likeness (QED) is 0.676. The van der Waals surface area contributed by atoms with E-state index in [1.165, 1.54) is 0 Å². The zero-order chi connectivity index (χ0) is 18.3. The second-order valence-corrected chi connectivity index (χ2v) is 6.99. The monoisotopic (exact) mass is 410 g/mol. The SMILES string of the molecule is CCOC(=O)C1(NC(=O)CCNC(=O)c2ccc(Br)cc2)CCCC1. The van der Waals surface area contributed by atoms with Crippen LogP contribution < -0.4 is 10.6 Å². The third-order valence-electron chi connectivity index (χ3n) is 4.25. The van der Waals surface area contributed by atoms with Crippen LogP contribution in [-0.2, 0) is 14.3 Å². The van der Waals surface area contributed by atoms with Crippen molar-refractivity contribution in [2.45, 2.75) is 44.6 Å². The third-order valence-corrected chi connectivity index (χ3v) is 4.77. The number of hydrogen-bond donors (Lipinski definition) is 2. The molecule has 0 bridgehead atoms. The van der Waals surface area contributed by atoms with E-state index in [0.717, 1.165) is 17.3 Å². The fraction of sp³-hybridized carbons (Fsp3) is 0.500. The molecule has 6 nitrogen and oxygen atoms in total. The van der Waals surface area contributed by atoms with Crippen molar-refractivity contribution in [3.05, 3.63) is 34.3 Å². The molecule has 136 valence electrons. The molecular weight excluding hydrogens is 388 g/mol. The highest BCUT2D eigenvalue weighted by Gasteiger charge is 2.43. The van der Waals surface area contributed by atoms with E-state index in [0.29, 0.717) is 25.0 Å². The summed E-state index contributed by atoms with van der Waals surface area (Å²) in [4.78, 5) is 36.4. The molecule has 0 radical (unpaired) electrons. The number of carbonyl (C=O) groups excluding carboxylic acids is 3. The third kappa shape index (κ3) is 5.29. The van der Waals surface area contributed by atoms with Crippen molar-refractivity contribution in [2.75, 3.05) is 13.2 Å².